The molecule has 62 valence electrons. The van der Waals surface area contributed by atoms with Crippen molar-refractivity contribution < 1.29 is 4.55 Å². The number of hydrogen-bond donors (Lipinski definition) is 2. The molecule has 4 N–H and O–H groups in total. The minimum Gasteiger partial charge on any atom is -0.610 e. The summed E-state index contributed by atoms with van der Waals surface area (Å²) >= 11 is -1.17. The Kier molecular flexibility index (Phi) is 1.97. The van der Waals surface area contributed by atoms with Crippen LogP contribution in [0.2, 0.25) is 0 Å². The molecule has 1 heterocycles. The third-order valence-electron chi connectivity index (χ3n) is 1.37. The Morgan fingerprint density at radius 1 is 1.55 bits per heavy atom. The van der Waals surface area contributed by atoms with Crippen molar-refractivity contribution in [3.05, 3.63) is 0 Å². The highest BCUT2D eigenvalue weighted by Gasteiger charge is 2.18. The summed E-state index contributed by atoms with van der Waals surface area (Å²) in [5.41, 5.74) is 11.3. The van der Waals surface area contributed by atoms with Gasteiger partial charge in [0.1, 0.15) is 12.1 Å². The zero-order valence-electron chi connectivity index (χ0n) is 6.37. The second-order valence-corrected chi connectivity index (χ2v) is 3.48. The Morgan fingerprint density at radius 3 is 2.27 bits per heavy atom. The van der Waals surface area contributed by atoms with E-state index < -0.39 is 11.2 Å². The van der Waals surface area contributed by atoms with Crippen LogP contribution < -0.4 is 11.5 Å². The lowest BCUT2D eigenvalue weighted by Crippen LogP contribution is -2.02. The molecule has 0 spiro atoms. The number of nitrogen functional groups attached to an aromatic ring is 2. The number of aryl methyl sites for hydroxylation is 1. The summed E-state index contributed by atoms with van der Waals surface area (Å²) in [7, 11) is 1.65. The molecule has 0 aliphatic heterocycles. The van der Waals surface area contributed by atoms with Gasteiger partial charge in [-0.3, -0.25) is 0 Å². The smallest absolute Gasteiger partial charge is 0.288 e. The number of hydrogen-bond acceptors (Lipinski definition) is 4. The van der Waals surface area contributed by atoms with E-state index in [1.807, 2.05) is 0 Å². The van der Waals surface area contributed by atoms with E-state index in [1.54, 1.807) is 7.05 Å². The normalized spacial score (nSPS) is 13.4. The number of nitrogens with zero attached hydrogens (tertiary/aromatic N) is 2. The van der Waals surface area contributed by atoms with Gasteiger partial charge in [-0.1, -0.05) is 0 Å². The molecule has 0 aliphatic carbocycles. The van der Waals surface area contributed by atoms with Crippen molar-refractivity contribution in [2.24, 2.45) is 7.05 Å². The summed E-state index contributed by atoms with van der Waals surface area (Å²) in [6.07, 6.45) is 1.51. The van der Waals surface area contributed by atoms with E-state index in [9.17, 15) is 4.55 Å². The van der Waals surface area contributed by atoms with E-state index in [2.05, 4.69) is 5.10 Å². The first kappa shape index (κ1) is 8.22. The van der Waals surface area contributed by atoms with Crippen LogP contribution in [0.4, 0.5) is 11.5 Å². The van der Waals surface area contributed by atoms with Crippen molar-refractivity contribution in [2.45, 2.75) is 5.03 Å². The van der Waals surface area contributed by atoms with Crippen molar-refractivity contribution in [3.63, 3.8) is 0 Å². The van der Waals surface area contributed by atoms with Gasteiger partial charge in [0, 0.05) is 18.2 Å². The van der Waals surface area contributed by atoms with Crippen molar-refractivity contribution in [3.8, 4) is 0 Å². The molecule has 0 aliphatic rings. The predicted octanol–water partition coefficient (Wildman–Crippen LogP) is -0.678. The summed E-state index contributed by atoms with van der Waals surface area (Å²) in [5, 5.41) is 4.23. The van der Waals surface area contributed by atoms with E-state index >= 15 is 0 Å². The monoisotopic (exact) mass is 174 g/mol. The van der Waals surface area contributed by atoms with Gasteiger partial charge in [0.2, 0.25) is 0 Å². The van der Waals surface area contributed by atoms with Gasteiger partial charge < -0.3 is 16.0 Å². The Morgan fingerprint density at radius 2 is 2.09 bits per heavy atom. The first-order valence-corrected chi connectivity index (χ1v) is 4.51. The molecule has 1 aromatic heterocycles. The number of aromatic nitrogens is 2. The quantitative estimate of drug-likeness (QED) is 0.552. The van der Waals surface area contributed by atoms with Crippen LogP contribution in [0.1, 0.15) is 0 Å². The van der Waals surface area contributed by atoms with Crippen LogP contribution in [0.25, 0.3) is 0 Å². The fourth-order valence-electron chi connectivity index (χ4n) is 0.740. The molecule has 1 unspecified atom stereocenters. The molecule has 6 heteroatoms. The van der Waals surface area contributed by atoms with Gasteiger partial charge >= 0.3 is 0 Å². The van der Waals surface area contributed by atoms with Gasteiger partial charge in [-0.15, -0.1) is 5.10 Å². The SMILES string of the molecule is Cn1nc([S+](C)[O-])c(N)c1N. The van der Waals surface area contributed by atoms with Gasteiger partial charge in [0.15, 0.2) is 5.69 Å². The van der Waals surface area contributed by atoms with Crippen molar-refractivity contribution in [1.82, 2.24) is 9.78 Å². The highest BCUT2D eigenvalue weighted by Crippen LogP contribution is 2.22. The minimum absolute atomic E-state index is 0.313. The van der Waals surface area contributed by atoms with Gasteiger partial charge in [-0.2, -0.15) is 0 Å². The molecular weight excluding hydrogens is 164 g/mol. The van der Waals surface area contributed by atoms with Crippen LogP contribution in [0, 0.1) is 0 Å². The highest BCUT2D eigenvalue weighted by molar-refractivity contribution is 7.90. The number of nitrogens with two attached hydrogens (primary N) is 2. The molecule has 1 aromatic rings. The summed E-state index contributed by atoms with van der Waals surface area (Å²) in [5.74, 6) is 0.357. The van der Waals surface area contributed by atoms with Crippen LogP contribution in [0.15, 0.2) is 5.03 Å². The fourth-order valence-corrected chi connectivity index (χ4v) is 1.39. The first-order chi connectivity index (χ1) is 5.04. The van der Waals surface area contributed by atoms with Gasteiger partial charge in [-0.25, -0.2) is 4.68 Å². The lowest BCUT2D eigenvalue weighted by atomic mass is 10.5. The molecule has 0 fully saturated rings. The number of anilines is 2. The van der Waals surface area contributed by atoms with Crippen molar-refractivity contribution in [1.29, 1.82) is 0 Å². The zero-order valence-corrected chi connectivity index (χ0v) is 7.18. The van der Waals surface area contributed by atoms with Crippen LogP contribution in [-0.4, -0.2) is 20.6 Å². The maximum atomic E-state index is 10.9. The molecule has 0 saturated carbocycles. The molecular formula is C5H10N4OS. The van der Waals surface area contributed by atoms with Crippen LogP contribution >= 0.6 is 0 Å². The third-order valence-corrected chi connectivity index (χ3v) is 2.21. The molecule has 11 heavy (non-hydrogen) atoms. The molecule has 0 aromatic carbocycles. The first-order valence-electron chi connectivity index (χ1n) is 2.95. The Labute approximate surface area is 67.5 Å². The molecule has 5 nitrogen and oxygen atoms in total. The average molecular weight is 174 g/mol. The zero-order chi connectivity index (χ0) is 8.59. The van der Waals surface area contributed by atoms with E-state index in [4.69, 9.17) is 11.5 Å². The minimum atomic E-state index is -1.17. The average Bonchev–Trinajstić information content (AvgIpc) is 2.17. The van der Waals surface area contributed by atoms with Gasteiger partial charge in [-0.05, 0) is 0 Å². The molecule has 0 amide bonds. The third kappa shape index (κ3) is 1.26. The lowest BCUT2D eigenvalue weighted by molar-refractivity contribution is 0.593. The summed E-state index contributed by atoms with van der Waals surface area (Å²) in [6, 6.07) is 0. The lowest BCUT2D eigenvalue weighted by Gasteiger charge is -1.98. The Balaban J connectivity index is 3.19. The predicted molar refractivity (Wildman–Crippen MR) is 44.4 cm³/mol. The van der Waals surface area contributed by atoms with E-state index in [1.165, 1.54) is 10.9 Å². The highest BCUT2D eigenvalue weighted by atomic mass is 32.2. The Hall–Kier alpha value is -0.880. The van der Waals surface area contributed by atoms with Gasteiger partial charge in [0.05, 0.1) is 0 Å². The van der Waals surface area contributed by atoms with Crippen molar-refractivity contribution in [2.75, 3.05) is 17.7 Å². The Bertz CT molecular complexity index is 270. The molecule has 0 saturated heterocycles. The van der Waals surface area contributed by atoms with Crippen LogP contribution in [0.3, 0.4) is 0 Å². The second-order valence-electron chi connectivity index (χ2n) is 2.18. The molecule has 0 bridgehead atoms. The molecule has 1 atom stereocenters. The molecule has 1 rings (SSSR count). The summed E-state index contributed by atoms with van der Waals surface area (Å²) in [6.45, 7) is 0. The summed E-state index contributed by atoms with van der Waals surface area (Å²) < 4.78 is 12.3. The van der Waals surface area contributed by atoms with Crippen LogP contribution in [-0.2, 0) is 18.2 Å². The van der Waals surface area contributed by atoms with Crippen molar-refractivity contribution >= 4 is 22.7 Å². The maximum absolute atomic E-state index is 10.9. The largest absolute Gasteiger partial charge is 0.610 e. The number of rotatable bonds is 1. The fraction of sp³-hybridized carbons (Fsp3) is 0.400. The van der Waals surface area contributed by atoms with Crippen LogP contribution in [0.5, 0.6) is 0 Å². The standard InChI is InChI=1S/C5H10N4OS/c1-9-4(7)3(6)5(8-9)11(2)10/h6-7H2,1-2H3. The van der Waals surface area contributed by atoms with Gasteiger partial charge in [0.25, 0.3) is 5.03 Å². The second kappa shape index (κ2) is 2.63. The summed E-state index contributed by atoms with van der Waals surface area (Å²) in [4.78, 5) is 0. The van der Waals surface area contributed by atoms with E-state index in [0.717, 1.165) is 0 Å². The topological polar surface area (TPSA) is 92.9 Å². The van der Waals surface area contributed by atoms with E-state index in [-0.39, 0.29) is 0 Å². The van der Waals surface area contributed by atoms with E-state index in [0.29, 0.717) is 16.5 Å². The maximum Gasteiger partial charge on any atom is 0.288 e. The molecule has 0 radical (unpaired) electrons.